The molecule has 82 valence electrons. The van der Waals surface area contributed by atoms with E-state index in [1.54, 1.807) is 12.1 Å². The molecule has 2 N–H and O–H groups in total. The number of hydrogen-bond acceptors (Lipinski definition) is 5. The summed E-state index contributed by atoms with van der Waals surface area (Å²) in [5, 5.41) is 0.557. The van der Waals surface area contributed by atoms with Crippen molar-refractivity contribution >= 4 is 35.1 Å². The monoisotopic (exact) mass is 246 g/mol. The van der Waals surface area contributed by atoms with Crippen LogP contribution in [0.4, 0.5) is 5.82 Å². The molecule has 0 atom stereocenters. The smallest absolute Gasteiger partial charge is 0.315 e. The zero-order valence-electron chi connectivity index (χ0n) is 8.20. The van der Waals surface area contributed by atoms with Gasteiger partial charge in [0.05, 0.1) is 23.6 Å². The second kappa shape index (κ2) is 5.82. The Morgan fingerprint density at radius 3 is 3.07 bits per heavy atom. The summed E-state index contributed by atoms with van der Waals surface area (Å²) >= 11 is 7.28. The van der Waals surface area contributed by atoms with Gasteiger partial charge in [-0.1, -0.05) is 11.6 Å². The number of nitrogens with two attached hydrogens (primary N) is 1. The number of esters is 1. The number of rotatable bonds is 4. The minimum absolute atomic E-state index is 0.264. The maximum Gasteiger partial charge on any atom is 0.315 e. The van der Waals surface area contributed by atoms with Gasteiger partial charge in [0.2, 0.25) is 0 Å². The average Bonchev–Trinajstić information content (AvgIpc) is 2.23. The number of carbonyl (C=O) groups excluding carboxylic acids is 1. The molecule has 0 amide bonds. The van der Waals surface area contributed by atoms with Gasteiger partial charge in [0, 0.05) is 5.75 Å². The van der Waals surface area contributed by atoms with E-state index in [2.05, 4.69) is 9.72 Å². The number of carbonyl (C=O) groups is 1. The van der Waals surface area contributed by atoms with Crippen LogP contribution in [0, 0.1) is 0 Å². The fraction of sp³-hybridized carbons (Fsp3) is 0.333. The van der Waals surface area contributed by atoms with Crippen LogP contribution in [-0.4, -0.2) is 23.8 Å². The van der Waals surface area contributed by atoms with Crippen LogP contribution in [0.1, 0.15) is 5.69 Å². The van der Waals surface area contributed by atoms with Gasteiger partial charge in [-0.3, -0.25) is 4.79 Å². The Morgan fingerprint density at radius 1 is 1.67 bits per heavy atom. The van der Waals surface area contributed by atoms with E-state index in [1.165, 1.54) is 18.9 Å². The molecule has 15 heavy (non-hydrogen) atoms. The number of hydrogen-bond donors (Lipinski definition) is 1. The van der Waals surface area contributed by atoms with Gasteiger partial charge in [0.25, 0.3) is 0 Å². The van der Waals surface area contributed by atoms with Crippen LogP contribution >= 0.6 is 23.4 Å². The Balaban J connectivity index is 2.50. The number of ether oxygens (including phenoxy) is 1. The van der Waals surface area contributed by atoms with Crippen molar-refractivity contribution in [1.29, 1.82) is 0 Å². The summed E-state index contributed by atoms with van der Waals surface area (Å²) < 4.78 is 4.50. The molecule has 6 heteroatoms. The summed E-state index contributed by atoms with van der Waals surface area (Å²) in [7, 11) is 1.36. The minimum Gasteiger partial charge on any atom is -0.468 e. The van der Waals surface area contributed by atoms with Crippen molar-refractivity contribution in [2.24, 2.45) is 0 Å². The molecule has 0 saturated carbocycles. The highest BCUT2D eigenvalue weighted by molar-refractivity contribution is 7.99. The van der Waals surface area contributed by atoms with Crippen molar-refractivity contribution in [2.75, 3.05) is 18.6 Å². The molecule has 1 aromatic heterocycles. The van der Waals surface area contributed by atoms with Crippen molar-refractivity contribution in [1.82, 2.24) is 4.98 Å². The van der Waals surface area contributed by atoms with Gasteiger partial charge in [0.15, 0.2) is 0 Å². The second-order valence-corrected chi connectivity index (χ2v) is 4.13. The van der Waals surface area contributed by atoms with Crippen LogP contribution in [-0.2, 0) is 15.3 Å². The first kappa shape index (κ1) is 12.1. The molecule has 0 unspecified atom stereocenters. The zero-order valence-corrected chi connectivity index (χ0v) is 9.77. The second-order valence-electron chi connectivity index (χ2n) is 2.73. The molecule has 0 spiro atoms. The van der Waals surface area contributed by atoms with E-state index >= 15 is 0 Å². The molecule has 0 bridgehead atoms. The number of anilines is 1. The molecular weight excluding hydrogens is 236 g/mol. The van der Waals surface area contributed by atoms with Gasteiger partial charge in [-0.2, -0.15) is 0 Å². The Labute approximate surface area is 97.2 Å². The van der Waals surface area contributed by atoms with E-state index in [0.29, 0.717) is 22.3 Å². The molecular formula is C9H11ClN2O2S. The molecule has 0 aromatic carbocycles. The van der Waals surface area contributed by atoms with Crippen molar-refractivity contribution in [3.8, 4) is 0 Å². The van der Waals surface area contributed by atoms with Gasteiger partial charge in [0.1, 0.15) is 5.82 Å². The van der Waals surface area contributed by atoms with Gasteiger partial charge >= 0.3 is 5.97 Å². The number of methoxy groups -OCH3 is 1. The molecule has 0 fully saturated rings. The van der Waals surface area contributed by atoms with E-state index in [9.17, 15) is 4.79 Å². The lowest BCUT2D eigenvalue weighted by Crippen LogP contribution is -2.04. The number of nitrogen functional groups attached to an aromatic ring is 1. The molecule has 1 aromatic rings. The third kappa shape index (κ3) is 3.97. The highest BCUT2D eigenvalue weighted by Crippen LogP contribution is 2.20. The lowest BCUT2D eigenvalue weighted by atomic mass is 10.4. The predicted octanol–water partition coefficient (Wildman–Crippen LogP) is 1.72. The van der Waals surface area contributed by atoms with Crippen LogP contribution < -0.4 is 5.73 Å². The van der Waals surface area contributed by atoms with Crippen molar-refractivity contribution < 1.29 is 9.53 Å². The van der Waals surface area contributed by atoms with E-state index in [-0.39, 0.29) is 11.7 Å². The molecule has 1 heterocycles. The van der Waals surface area contributed by atoms with Crippen molar-refractivity contribution in [3.63, 3.8) is 0 Å². The lowest BCUT2D eigenvalue weighted by Gasteiger charge is -2.03. The number of halogens is 1. The highest BCUT2D eigenvalue weighted by Gasteiger charge is 2.05. The third-order valence-electron chi connectivity index (χ3n) is 1.63. The SMILES string of the molecule is COC(=O)CSCc1nc(N)ccc1Cl. The van der Waals surface area contributed by atoms with Gasteiger partial charge in [-0.25, -0.2) is 4.98 Å². The molecule has 0 saturated heterocycles. The first-order valence-corrected chi connectivity index (χ1v) is 5.72. The van der Waals surface area contributed by atoms with Crippen LogP contribution in [0.5, 0.6) is 0 Å². The fourth-order valence-corrected chi connectivity index (χ4v) is 1.94. The quantitative estimate of drug-likeness (QED) is 0.820. The van der Waals surface area contributed by atoms with E-state index < -0.39 is 0 Å². The summed E-state index contributed by atoms with van der Waals surface area (Å²) in [6, 6.07) is 3.33. The van der Waals surface area contributed by atoms with Crippen LogP contribution in [0.25, 0.3) is 0 Å². The summed E-state index contributed by atoms with van der Waals surface area (Å²) in [4.78, 5) is 14.9. The largest absolute Gasteiger partial charge is 0.468 e. The van der Waals surface area contributed by atoms with Crippen LogP contribution in [0.2, 0.25) is 5.02 Å². The maximum atomic E-state index is 10.8. The van der Waals surface area contributed by atoms with E-state index in [1.807, 2.05) is 0 Å². The number of nitrogens with zero attached hydrogens (tertiary/aromatic N) is 1. The zero-order chi connectivity index (χ0) is 11.3. The molecule has 0 aliphatic heterocycles. The average molecular weight is 247 g/mol. The predicted molar refractivity (Wildman–Crippen MR) is 61.8 cm³/mol. The van der Waals surface area contributed by atoms with Gasteiger partial charge in [-0.15, -0.1) is 11.8 Å². The summed E-state index contributed by atoms with van der Waals surface area (Å²) in [5.74, 6) is 0.982. The summed E-state index contributed by atoms with van der Waals surface area (Å²) in [6.07, 6.45) is 0. The van der Waals surface area contributed by atoms with Crippen molar-refractivity contribution in [2.45, 2.75) is 5.75 Å². The van der Waals surface area contributed by atoms with Gasteiger partial charge < -0.3 is 10.5 Å². The Hall–Kier alpha value is -0.940. The topological polar surface area (TPSA) is 65.2 Å². The van der Waals surface area contributed by atoms with E-state index in [0.717, 1.165) is 0 Å². The number of aromatic nitrogens is 1. The van der Waals surface area contributed by atoms with Crippen LogP contribution in [0.3, 0.4) is 0 Å². The molecule has 0 aliphatic rings. The standard InChI is InChI=1S/C9H11ClN2O2S/c1-14-9(13)5-15-4-7-6(10)2-3-8(11)12-7/h2-3H,4-5H2,1H3,(H2,11,12). The minimum atomic E-state index is -0.264. The molecule has 4 nitrogen and oxygen atoms in total. The Kier molecular flexibility index (Phi) is 4.71. The first-order chi connectivity index (χ1) is 7.13. The summed E-state index contributed by atoms with van der Waals surface area (Å²) in [6.45, 7) is 0. The van der Waals surface area contributed by atoms with Crippen LogP contribution in [0.15, 0.2) is 12.1 Å². The van der Waals surface area contributed by atoms with Gasteiger partial charge in [-0.05, 0) is 12.1 Å². The Morgan fingerprint density at radius 2 is 2.40 bits per heavy atom. The van der Waals surface area contributed by atoms with Crippen molar-refractivity contribution in [3.05, 3.63) is 22.8 Å². The highest BCUT2D eigenvalue weighted by atomic mass is 35.5. The fourth-order valence-electron chi connectivity index (χ4n) is 0.892. The Bertz CT molecular complexity index is 360. The molecule has 0 aliphatic carbocycles. The molecule has 0 radical (unpaired) electrons. The third-order valence-corrected chi connectivity index (χ3v) is 2.89. The lowest BCUT2D eigenvalue weighted by molar-refractivity contribution is -0.137. The maximum absolute atomic E-state index is 10.8. The van der Waals surface area contributed by atoms with E-state index in [4.69, 9.17) is 17.3 Å². The summed E-state index contributed by atoms with van der Waals surface area (Å²) in [5.41, 5.74) is 6.20. The normalized spacial score (nSPS) is 10.0. The molecule has 1 rings (SSSR count). The first-order valence-electron chi connectivity index (χ1n) is 4.19. The number of thioether (sulfide) groups is 1. The number of pyridine rings is 1.